The average Bonchev–Trinajstić information content (AvgIpc) is 3.01. The zero-order valence-corrected chi connectivity index (χ0v) is 19.5. The number of nitrogens with zero attached hydrogens (tertiary/aromatic N) is 2. The van der Waals surface area contributed by atoms with Crippen LogP contribution in [-0.4, -0.2) is 45.9 Å². The van der Waals surface area contributed by atoms with Crippen molar-refractivity contribution in [3.8, 4) is 17.2 Å². The molecule has 0 saturated carbocycles. The van der Waals surface area contributed by atoms with Crippen LogP contribution in [0.1, 0.15) is 22.9 Å². The standard InChI is InChI=1S/C19H28N4O4.HI/c1-12-13(2)27-18(23-12)11-22-19(20-3)21-8-7-15-16(25-5)9-14(24-4)10-17(15)26-6;/h9-10H,7-8,11H2,1-6H3,(H2,20,21,22);1H. The van der Waals surface area contributed by atoms with Crippen LogP contribution in [0.5, 0.6) is 17.2 Å². The van der Waals surface area contributed by atoms with Crippen LogP contribution in [0.4, 0.5) is 0 Å². The van der Waals surface area contributed by atoms with Crippen molar-refractivity contribution in [3.63, 3.8) is 0 Å². The fraction of sp³-hybridized carbons (Fsp3) is 0.474. The number of guanidine groups is 1. The first kappa shape index (κ1) is 23.9. The summed E-state index contributed by atoms with van der Waals surface area (Å²) in [6, 6.07) is 3.69. The Morgan fingerprint density at radius 2 is 1.71 bits per heavy atom. The predicted molar refractivity (Wildman–Crippen MR) is 119 cm³/mol. The molecule has 156 valence electrons. The molecule has 0 saturated heterocycles. The van der Waals surface area contributed by atoms with Crippen LogP contribution >= 0.6 is 24.0 Å². The molecule has 0 spiro atoms. The van der Waals surface area contributed by atoms with E-state index in [4.69, 9.17) is 18.6 Å². The Morgan fingerprint density at radius 1 is 1.07 bits per heavy atom. The Morgan fingerprint density at radius 3 is 2.18 bits per heavy atom. The smallest absolute Gasteiger partial charge is 0.214 e. The van der Waals surface area contributed by atoms with E-state index >= 15 is 0 Å². The summed E-state index contributed by atoms with van der Waals surface area (Å²) in [5.74, 6) is 4.26. The second-order valence-electron chi connectivity index (χ2n) is 5.86. The van der Waals surface area contributed by atoms with Crippen LogP contribution in [0.15, 0.2) is 21.5 Å². The Labute approximate surface area is 183 Å². The zero-order chi connectivity index (χ0) is 19.8. The maximum absolute atomic E-state index is 5.56. The van der Waals surface area contributed by atoms with Crippen LogP contribution in [0.3, 0.4) is 0 Å². The maximum Gasteiger partial charge on any atom is 0.214 e. The molecule has 2 aromatic rings. The second-order valence-corrected chi connectivity index (χ2v) is 5.86. The summed E-state index contributed by atoms with van der Waals surface area (Å²) in [7, 11) is 6.59. The number of ether oxygens (including phenoxy) is 3. The van der Waals surface area contributed by atoms with E-state index in [0.717, 1.165) is 28.5 Å². The van der Waals surface area contributed by atoms with Crippen LogP contribution in [0.25, 0.3) is 0 Å². The van der Waals surface area contributed by atoms with Gasteiger partial charge in [-0.25, -0.2) is 4.98 Å². The highest BCUT2D eigenvalue weighted by atomic mass is 127. The molecule has 0 aliphatic rings. The number of benzene rings is 1. The van der Waals surface area contributed by atoms with Gasteiger partial charge in [-0.1, -0.05) is 0 Å². The first-order valence-corrected chi connectivity index (χ1v) is 8.68. The van der Waals surface area contributed by atoms with Crippen LogP contribution in [0, 0.1) is 13.8 Å². The van der Waals surface area contributed by atoms with Crippen molar-refractivity contribution < 1.29 is 18.6 Å². The summed E-state index contributed by atoms with van der Waals surface area (Å²) in [6.07, 6.45) is 0.689. The SMILES string of the molecule is CN=C(NCCc1c(OC)cc(OC)cc1OC)NCc1nc(C)c(C)o1.I. The topological polar surface area (TPSA) is 90.1 Å². The lowest BCUT2D eigenvalue weighted by molar-refractivity contribution is 0.368. The quantitative estimate of drug-likeness (QED) is 0.325. The molecule has 28 heavy (non-hydrogen) atoms. The second kappa shape index (κ2) is 11.6. The van der Waals surface area contributed by atoms with Crippen molar-refractivity contribution in [3.05, 3.63) is 35.0 Å². The van der Waals surface area contributed by atoms with E-state index in [1.807, 2.05) is 26.0 Å². The number of aromatic nitrogens is 1. The average molecular weight is 504 g/mol. The third kappa shape index (κ3) is 6.18. The van der Waals surface area contributed by atoms with Gasteiger partial charge in [0.15, 0.2) is 5.96 Å². The van der Waals surface area contributed by atoms with Crippen molar-refractivity contribution in [1.82, 2.24) is 15.6 Å². The van der Waals surface area contributed by atoms with Gasteiger partial charge in [-0.2, -0.15) is 0 Å². The van der Waals surface area contributed by atoms with Crippen LogP contribution in [0.2, 0.25) is 0 Å². The molecule has 2 rings (SSSR count). The molecule has 0 amide bonds. The molecule has 0 fully saturated rings. The molecule has 8 nitrogen and oxygen atoms in total. The number of aliphatic imine (C=N–C) groups is 1. The van der Waals surface area contributed by atoms with E-state index in [0.29, 0.717) is 37.1 Å². The molecular formula is C19H29IN4O4. The molecule has 0 atom stereocenters. The van der Waals surface area contributed by atoms with Gasteiger partial charge in [-0.15, -0.1) is 24.0 Å². The highest BCUT2D eigenvalue weighted by Gasteiger charge is 2.13. The van der Waals surface area contributed by atoms with E-state index in [9.17, 15) is 0 Å². The first-order chi connectivity index (χ1) is 13.0. The van der Waals surface area contributed by atoms with Gasteiger partial charge in [0.2, 0.25) is 5.89 Å². The number of aryl methyl sites for hydroxylation is 2. The van der Waals surface area contributed by atoms with Crippen molar-refractivity contribution in [2.45, 2.75) is 26.8 Å². The number of halogens is 1. The molecule has 0 aliphatic carbocycles. The van der Waals surface area contributed by atoms with Crippen molar-refractivity contribution in [2.24, 2.45) is 4.99 Å². The van der Waals surface area contributed by atoms with E-state index in [2.05, 4.69) is 20.6 Å². The number of nitrogens with one attached hydrogen (secondary N) is 2. The normalized spacial score (nSPS) is 10.9. The Kier molecular flexibility index (Phi) is 9.91. The molecular weight excluding hydrogens is 475 g/mol. The van der Waals surface area contributed by atoms with Gasteiger partial charge in [0.25, 0.3) is 0 Å². The monoisotopic (exact) mass is 504 g/mol. The third-order valence-electron chi connectivity index (χ3n) is 4.19. The third-order valence-corrected chi connectivity index (χ3v) is 4.19. The maximum atomic E-state index is 5.56. The molecule has 0 unspecified atom stereocenters. The van der Waals surface area contributed by atoms with Crippen molar-refractivity contribution in [1.29, 1.82) is 0 Å². The fourth-order valence-corrected chi connectivity index (χ4v) is 2.62. The molecule has 1 heterocycles. The lowest BCUT2D eigenvalue weighted by Gasteiger charge is -2.16. The highest BCUT2D eigenvalue weighted by molar-refractivity contribution is 14.0. The van der Waals surface area contributed by atoms with Gasteiger partial charge in [-0.3, -0.25) is 4.99 Å². The number of hydrogen-bond acceptors (Lipinski definition) is 6. The number of oxazole rings is 1. The predicted octanol–water partition coefficient (Wildman–Crippen LogP) is 2.84. The van der Waals surface area contributed by atoms with E-state index in [1.54, 1.807) is 28.4 Å². The summed E-state index contributed by atoms with van der Waals surface area (Å²) in [5, 5.41) is 6.46. The minimum absolute atomic E-state index is 0. The van der Waals surface area contributed by atoms with Gasteiger partial charge in [0, 0.05) is 31.3 Å². The molecule has 0 radical (unpaired) electrons. The fourth-order valence-electron chi connectivity index (χ4n) is 2.62. The van der Waals surface area contributed by atoms with Crippen molar-refractivity contribution in [2.75, 3.05) is 34.9 Å². The number of methoxy groups -OCH3 is 3. The van der Waals surface area contributed by atoms with Gasteiger partial charge in [0.05, 0.1) is 33.6 Å². The van der Waals surface area contributed by atoms with Gasteiger partial charge in [0.1, 0.15) is 23.0 Å². The molecule has 1 aromatic heterocycles. The molecule has 0 bridgehead atoms. The van der Waals surface area contributed by atoms with Gasteiger partial charge < -0.3 is 29.3 Å². The summed E-state index contributed by atoms with van der Waals surface area (Å²) >= 11 is 0. The number of hydrogen-bond donors (Lipinski definition) is 2. The lowest BCUT2D eigenvalue weighted by atomic mass is 10.1. The summed E-state index contributed by atoms with van der Waals surface area (Å²) in [4.78, 5) is 8.57. The minimum Gasteiger partial charge on any atom is -0.496 e. The van der Waals surface area contributed by atoms with Crippen molar-refractivity contribution >= 4 is 29.9 Å². The minimum atomic E-state index is 0. The number of rotatable bonds is 8. The summed E-state index contributed by atoms with van der Waals surface area (Å²) in [6.45, 7) is 4.92. The highest BCUT2D eigenvalue weighted by Crippen LogP contribution is 2.34. The molecule has 2 N–H and O–H groups in total. The Balaban J connectivity index is 0.00000392. The zero-order valence-electron chi connectivity index (χ0n) is 17.2. The Bertz CT molecular complexity index is 748. The Hall–Kier alpha value is -2.17. The van der Waals surface area contributed by atoms with Gasteiger partial charge in [-0.05, 0) is 20.3 Å². The first-order valence-electron chi connectivity index (χ1n) is 8.68. The molecule has 1 aromatic carbocycles. The van der Waals surface area contributed by atoms with Crippen LogP contribution < -0.4 is 24.8 Å². The largest absolute Gasteiger partial charge is 0.496 e. The summed E-state index contributed by atoms with van der Waals surface area (Å²) < 4.78 is 21.8. The van der Waals surface area contributed by atoms with Gasteiger partial charge >= 0.3 is 0 Å². The van der Waals surface area contributed by atoms with E-state index < -0.39 is 0 Å². The molecule has 0 aliphatic heterocycles. The summed E-state index contributed by atoms with van der Waals surface area (Å²) in [5.41, 5.74) is 1.86. The van der Waals surface area contributed by atoms with Crippen LogP contribution in [-0.2, 0) is 13.0 Å². The molecule has 9 heteroatoms. The van der Waals surface area contributed by atoms with E-state index in [1.165, 1.54) is 0 Å². The lowest BCUT2D eigenvalue weighted by Crippen LogP contribution is -2.38. The van der Waals surface area contributed by atoms with E-state index in [-0.39, 0.29) is 24.0 Å².